The zero-order chi connectivity index (χ0) is 59.9. The van der Waals surface area contributed by atoms with E-state index in [1.807, 2.05) is 82.2 Å². The van der Waals surface area contributed by atoms with Crippen LogP contribution >= 0.6 is 28.5 Å². The molecule has 0 aromatic heterocycles. The van der Waals surface area contributed by atoms with Crippen LogP contribution in [0.15, 0.2) is 87.5 Å². The molecule has 452 valence electrons. The quantitative estimate of drug-likeness (QED) is 0.0366. The molecule has 16 N–H and O–H groups in total. The number of aliphatic hydroxyl groups excluding tert-OH is 1. The van der Waals surface area contributed by atoms with Crippen LogP contribution in [0.25, 0.3) is 0 Å². The third kappa shape index (κ3) is 33.8. The number of halogens is 3. The third-order valence-corrected chi connectivity index (χ3v) is 12.5. The molecule has 0 saturated heterocycles. The van der Waals surface area contributed by atoms with Crippen LogP contribution in [0.3, 0.4) is 0 Å². The molecule has 0 heterocycles. The Morgan fingerprint density at radius 2 is 0.823 bits per heavy atom. The van der Waals surface area contributed by atoms with Gasteiger partial charge in [-0.25, -0.2) is 35.5 Å². The number of primary sulfonamides is 2. The predicted octanol–water partition coefficient (Wildman–Crippen LogP) is 8.06. The SMILES string of the molecule is CC(C)(C)c1ccc(N)cc1S(N)(=O)=O.CC(C)(C)c1ccc([N+](=O)[O-])cc1C#N.CC(C)(C)c1ccc([N+](=O)[O-])cc1S(=O)(=O)Cl.CC(C)(C)c1ccc([N+](=O)[O-])cc1S(N)(=O)=O.CCO.CCOCC.N.O.O.O.[Cl][Sn][Cl]. The van der Waals surface area contributed by atoms with E-state index in [0.29, 0.717) is 27.9 Å². The van der Waals surface area contributed by atoms with Gasteiger partial charge < -0.3 is 38.2 Å². The Bertz CT molecular complexity index is 2820. The van der Waals surface area contributed by atoms with E-state index in [1.165, 1.54) is 42.5 Å². The van der Waals surface area contributed by atoms with Crippen LogP contribution in [-0.2, 0) is 55.5 Å². The standard InChI is InChI=1S/C11H12N2O2.C10H12ClNO4S.C10H14N2O4S.C10H16N2O2S.C4H10O.C2H6O.2ClH.H3N.3H2O.Sn/c1-11(2,3)10-5-4-9(13(14)15)6-8(10)7-12;2*1-10(2,3)8-5-4-7(12(13)14)6-9(8)17(11,15)16;1-10(2,3)8-5-4-7(11)6-9(8)15(12,13)14;1-3-5-4-2;1-2-3;;;;;;;/h4-6H,1-3H3;4-6H,1-3H3;4-6H,1-3H3,(H2,11,15,16);4-6H,11H2,1-3H3,(H2,12,13,14);3-4H2,1-2H3;3H,2H2,1H3;2*1H;1H3;3*1H2;/q;;;;;;;;;;;;+2/p-2. The van der Waals surface area contributed by atoms with E-state index in [-0.39, 0.29) is 71.8 Å². The molecule has 0 aliphatic rings. The van der Waals surface area contributed by atoms with Gasteiger partial charge in [0.2, 0.25) is 20.0 Å². The van der Waals surface area contributed by atoms with E-state index in [9.17, 15) is 55.6 Å². The number of ether oxygens (including phenoxy) is 1. The van der Waals surface area contributed by atoms with Crippen molar-refractivity contribution in [2.45, 2.75) is 140 Å². The summed E-state index contributed by atoms with van der Waals surface area (Å²) in [7, 11) is 3.46. The van der Waals surface area contributed by atoms with Crippen molar-refractivity contribution in [3.63, 3.8) is 0 Å². The van der Waals surface area contributed by atoms with Crippen LogP contribution in [0.4, 0.5) is 22.7 Å². The van der Waals surface area contributed by atoms with Gasteiger partial charge in [0, 0.05) is 72.6 Å². The number of nitriles is 1. The summed E-state index contributed by atoms with van der Waals surface area (Å²) in [6, 6.07) is 18.6. The van der Waals surface area contributed by atoms with Crippen LogP contribution in [0.5, 0.6) is 0 Å². The molecule has 0 atom stereocenters. The van der Waals surface area contributed by atoms with Gasteiger partial charge in [-0.2, -0.15) is 5.26 Å². The second kappa shape index (κ2) is 38.3. The number of aliphatic hydroxyl groups is 1. The van der Waals surface area contributed by atoms with Crippen molar-refractivity contribution >= 4 is 99.3 Å². The van der Waals surface area contributed by atoms with Gasteiger partial charge >= 0.3 is 36.7 Å². The molecule has 0 aliphatic carbocycles. The first-order valence-corrected chi connectivity index (χ1v) is 34.7. The van der Waals surface area contributed by atoms with Crippen LogP contribution in [-0.4, -0.2) is 100 Å². The minimum absolute atomic E-state index is 0. The molecule has 0 saturated carbocycles. The van der Waals surface area contributed by atoms with E-state index < -0.39 is 73.6 Å². The van der Waals surface area contributed by atoms with Crippen LogP contribution < -0.4 is 22.2 Å². The molecule has 0 spiro atoms. The summed E-state index contributed by atoms with van der Waals surface area (Å²) in [4.78, 5) is 29.7. The molecule has 0 unspecified atom stereocenters. The number of hydrogen-bond acceptors (Lipinski definition) is 17. The van der Waals surface area contributed by atoms with Crippen molar-refractivity contribution in [2.24, 2.45) is 10.3 Å². The number of nitrogens with zero attached hydrogens (tertiary/aromatic N) is 4. The number of rotatable bonds is 8. The average molecular weight is 1350 g/mol. The summed E-state index contributed by atoms with van der Waals surface area (Å²) in [6.07, 6.45) is 0. The molecule has 32 heteroatoms. The van der Waals surface area contributed by atoms with Gasteiger partial charge in [0.1, 0.15) is 0 Å². The normalized spacial score (nSPS) is 10.8. The van der Waals surface area contributed by atoms with Crippen LogP contribution in [0, 0.1) is 41.7 Å². The number of nitrogens with two attached hydrogens (primary N) is 3. The van der Waals surface area contributed by atoms with Gasteiger partial charge in [0.05, 0.1) is 41.1 Å². The molecule has 0 bridgehead atoms. The zero-order valence-corrected chi connectivity index (χ0v) is 54.5. The number of anilines is 1. The fourth-order valence-corrected chi connectivity index (χ4v) is 9.14. The van der Waals surface area contributed by atoms with Gasteiger partial charge in [-0.05, 0) is 76.8 Å². The molecular weight excluding hydrogens is 1270 g/mol. The molecular formula is C47H79Cl3N8O17S3Sn. The zero-order valence-electron chi connectivity index (χ0n) is 46.9. The molecule has 25 nitrogen and oxygen atoms in total. The van der Waals surface area contributed by atoms with E-state index in [4.69, 9.17) is 59.6 Å². The Balaban J connectivity index is -0.000000162. The fraction of sp³-hybridized carbons (Fsp3) is 0.468. The Morgan fingerprint density at radius 1 is 0.570 bits per heavy atom. The molecule has 4 aromatic rings. The topological polar surface area (TPSA) is 493 Å². The van der Waals surface area contributed by atoms with Crippen molar-refractivity contribution in [2.75, 3.05) is 25.6 Å². The number of hydrogen-bond donors (Lipinski definition) is 5. The van der Waals surface area contributed by atoms with Gasteiger partial charge in [0.25, 0.3) is 26.1 Å². The van der Waals surface area contributed by atoms with Gasteiger partial charge in [-0.1, -0.05) is 107 Å². The Kier molecular flexibility index (Phi) is 42.9. The minimum atomic E-state index is -4.00. The number of nitro benzene ring substituents is 3. The van der Waals surface area contributed by atoms with E-state index >= 15 is 0 Å². The molecule has 79 heavy (non-hydrogen) atoms. The summed E-state index contributed by atoms with van der Waals surface area (Å²) in [6.45, 7) is 30.1. The van der Waals surface area contributed by atoms with Crippen molar-refractivity contribution in [1.29, 1.82) is 5.26 Å². The Morgan fingerprint density at radius 3 is 1.06 bits per heavy atom. The molecule has 4 aromatic carbocycles. The fourth-order valence-electron chi connectivity index (χ4n) is 5.92. The van der Waals surface area contributed by atoms with Crippen LogP contribution in [0.2, 0.25) is 0 Å². The summed E-state index contributed by atoms with van der Waals surface area (Å²) in [5.41, 5.74) is 6.73. The first kappa shape index (κ1) is 88.4. The summed E-state index contributed by atoms with van der Waals surface area (Å²) < 4.78 is 73.3. The number of non-ortho nitro benzene ring substituents is 3. The third-order valence-electron chi connectivity index (χ3n) is 9.21. The number of benzene rings is 4. The van der Waals surface area contributed by atoms with Gasteiger partial charge in [-0.3, -0.25) is 30.3 Å². The second-order valence-electron chi connectivity index (χ2n) is 19.4. The van der Waals surface area contributed by atoms with Gasteiger partial charge in [0.15, 0.2) is 0 Å². The van der Waals surface area contributed by atoms with Crippen LogP contribution in [0.1, 0.15) is 132 Å². The molecule has 0 amide bonds. The summed E-state index contributed by atoms with van der Waals surface area (Å²) in [5.74, 6) is 0. The van der Waals surface area contributed by atoms with Crippen molar-refractivity contribution < 1.29 is 66.3 Å². The molecule has 0 fully saturated rings. The first-order chi connectivity index (χ1) is 33.8. The second-order valence-corrected chi connectivity index (χ2v) is 29.3. The number of sulfonamides is 2. The number of nitrogen functional groups attached to an aromatic ring is 1. The average Bonchev–Trinajstić information content (AvgIpc) is 3.25. The predicted molar refractivity (Wildman–Crippen MR) is 314 cm³/mol. The first-order valence-electron chi connectivity index (χ1n) is 22.1. The monoisotopic (exact) mass is 1350 g/mol. The number of nitro groups is 3. The maximum absolute atomic E-state index is 11.4. The van der Waals surface area contributed by atoms with E-state index in [1.54, 1.807) is 45.9 Å². The van der Waals surface area contributed by atoms with E-state index in [2.05, 4.69) is 0 Å². The van der Waals surface area contributed by atoms with Gasteiger partial charge in [-0.15, -0.1) is 0 Å². The van der Waals surface area contributed by atoms with Crippen molar-refractivity contribution in [1.82, 2.24) is 6.15 Å². The summed E-state index contributed by atoms with van der Waals surface area (Å²) >= 11 is -0.826. The summed E-state index contributed by atoms with van der Waals surface area (Å²) in [5, 5.41) is 58.4. The van der Waals surface area contributed by atoms with E-state index in [0.717, 1.165) is 30.9 Å². The van der Waals surface area contributed by atoms with Crippen molar-refractivity contribution in [3.05, 3.63) is 131 Å². The molecule has 2 radical (unpaired) electrons. The Labute approximate surface area is 486 Å². The Hall–Kier alpha value is -4.43. The molecule has 0 aliphatic heterocycles. The maximum atomic E-state index is 11.4. The molecule has 4 rings (SSSR count). The van der Waals surface area contributed by atoms with Crippen molar-refractivity contribution in [3.8, 4) is 6.07 Å².